The van der Waals surface area contributed by atoms with E-state index in [4.69, 9.17) is 21.3 Å². The smallest absolute Gasteiger partial charge is 0.306 e. The van der Waals surface area contributed by atoms with Gasteiger partial charge in [0, 0.05) is 16.1 Å². The Hall–Kier alpha value is -3.19. The third-order valence-corrected chi connectivity index (χ3v) is 4.87. The SMILES string of the molecule is COc1ccc2c(c1)C(c1ccc(Cl)cc1)=N[C@H](CC(=O)O)c1nnc(C)n1-2. The van der Waals surface area contributed by atoms with Crippen LogP contribution in [-0.4, -0.2) is 38.7 Å². The van der Waals surface area contributed by atoms with Crippen molar-refractivity contribution in [1.29, 1.82) is 0 Å². The second-order valence-electron chi connectivity index (χ2n) is 6.42. The third kappa shape index (κ3) is 3.14. The maximum absolute atomic E-state index is 11.5. The molecular weight excluding hydrogens is 380 g/mol. The zero-order valence-electron chi connectivity index (χ0n) is 15.3. The molecule has 28 heavy (non-hydrogen) atoms. The van der Waals surface area contributed by atoms with Gasteiger partial charge < -0.3 is 9.84 Å². The number of carboxylic acids is 1. The summed E-state index contributed by atoms with van der Waals surface area (Å²) in [5, 5.41) is 18.4. The Kier molecular flexibility index (Phi) is 4.60. The van der Waals surface area contributed by atoms with Gasteiger partial charge in [-0.3, -0.25) is 14.4 Å². The van der Waals surface area contributed by atoms with E-state index in [1.807, 2.05) is 41.8 Å². The number of carbonyl (C=O) groups is 1. The van der Waals surface area contributed by atoms with Crippen molar-refractivity contribution in [2.24, 2.45) is 4.99 Å². The van der Waals surface area contributed by atoms with Gasteiger partial charge in [0.25, 0.3) is 0 Å². The highest BCUT2D eigenvalue weighted by atomic mass is 35.5. The molecule has 2 aromatic carbocycles. The molecule has 142 valence electrons. The van der Waals surface area contributed by atoms with E-state index in [9.17, 15) is 9.90 Å². The lowest BCUT2D eigenvalue weighted by atomic mass is 10.00. The summed E-state index contributed by atoms with van der Waals surface area (Å²) in [5.41, 5.74) is 3.10. The number of carboxylic acid groups (broad SMARTS) is 1. The van der Waals surface area contributed by atoms with Crippen molar-refractivity contribution in [2.75, 3.05) is 7.11 Å². The number of halogens is 1. The number of aliphatic carboxylic acids is 1. The monoisotopic (exact) mass is 396 g/mol. The van der Waals surface area contributed by atoms with Crippen molar-refractivity contribution in [3.63, 3.8) is 0 Å². The minimum Gasteiger partial charge on any atom is -0.497 e. The van der Waals surface area contributed by atoms with Gasteiger partial charge in [0.15, 0.2) is 5.82 Å². The highest BCUT2D eigenvalue weighted by Gasteiger charge is 2.29. The average molecular weight is 397 g/mol. The van der Waals surface area contributed by atoms with E-state index in [1.165, 1.54) is 0 Å². The molecule has 1 aliphatic rings. The number of benzene rings is 2. The zero-order chi connectivity index (χ0) is 19.8. The molecule has 0 aliphatic carbocycles. The molecule has 7 nitrogen and oxygen atoms in total. The number of nitrogens with zero attached hydrogens (tertiary/aromatic N) is 4. The van der Waals surface area contributed by atoms with Crippen LogP contribution in [0.2, 0.25) is 5.02 Å². The molecule has 1 N–H and O–H groups in total. The van der Waals surface area contributed by atoms with Crippen molar-refractivity contribution in [2.45, 2.75) is 19.4 Å². The molecule has 0 unspecified atom stereocenters. The largest absolute Gasteiger partial charge is 0.497 e. The Balaban J connectivity index is 2.02. The van der Waals surface area contributed by atoms with E-state index < -0.39 is 12.0 Å². The van der Waals surface area contributed by atoms with Crippen molar-refractivity contribution in [3.05, 3.63) is 70.3 Å². The van der Waals surface area contributed by atoms with Crippen LogP contribution in [-0.2, 0) is 4.79 Å². The second kappa shape index (κ2) is 7.09. The van der Waals surface area contributed by atoms with Crippen molar-refractivity contribution in [1.82, 2.24) is 14.8 Å². The molecule has 1 aromatic heterocycles. The van der Waals surface area contributed by atoms with Crippen molar-refractivity contribution < 1.29 is 14.6 Å². The van der Waals surface area contributed by atoms with Crippen LogP contribution < -0.4 is 4.74 Å². The summed E-state index contributed by atoms with van der Waals surface area (Å²) >= 11 is 6.04. The molecule has 1 atom stereocenters. The molecule has 0 saturated heterocycles. The van der Waals surface area contributed by atoms with Crippen LogP contribution in [0.25, 0.3) is 5.69 Å². The summed E-state index contributed by atoms with van der Waals surface area (Å²) < 4.78 is 7.26. The Morgan fingerprint density at radius 2 is 1.96 bits per heavy atom. The van der Waals surface area contributed by atoms with Crippen molar-refractivity contribution in [3.8, 4) is 11.4 Å². The molecule has 0 spiro atoms. The molecular formula is C20H17ClN4O3. The molecule has 0 fully saturated rings. The summed E-state index contributed by atoms with van der Waals surface area (Å²) in [7, 11) is 1.60. The van der Waals surface area contributed by atoms with Gasteiger partial charge in [-0.2, -0.15) is 0 Å². The van der Waals surface area contributed by atoms with Crippen LogP contribution in [0, 0.1) is 6.92 Å². The highest BCUT2D eigenvalue weighted by molar-refractivity contribution is 6.30. The molecule has 0 amide bonds. The van der Waals surface area contributed by atoms with Gasteiger partial charge in [0.2, 0.25) is 0 Å². The van der Waals surface area contributed by atoms with E-state index in [-0.39, 0.29) is 6.42 Å². The Bertz CT molecular complexity index is 1090. The van der Waals surface area contributed by atoms with E-state index in [0.717, 1.165) is 16.8 Å². The standard InChI is InChI=1S/C20H17ClN4O3/c1-11-23-24-20-16(10-18(26)27)22-19(12-3-5-13(21)6-4-12)15-9-14(28-2)7-8-17(15)25(11)20/h3-9,16H,10H2,1-2H3,(H,26,27)/t16-/m1/s1. The number of hydrogen-bond donors (Lipinski definition) is 1. The van der Waals surface area contributed by atoms with Crippen LogP contribution in [0.4, 0.5) is 0 Å². The molecule has 8 heteroatoms. The Morgan fingerprint density at radius 1 is 1.21 bits per heavy atom. The number of methoxy groups -OCH3 is 1. The van der Waals surface area contributed by atoms with Crippen LogP contribution >= 0.6 is 11.6 Å². The first kappa shape index (κ1) is 18.2. The fourth-order valence-electron chi connectivity index (χ4n) is 3.34. The first-order chi connectivity index (χ1) is 13.5. The van der Waals surface area contributed by atoms with Gasteiger partial charge in [0.05, 0.1) is 24.9 Å². The van der Waals surface area contributed by atoms with E-state index in [1.54, 1.807) is 19.2 Å². The number of ether oxygens (including phenoxy) is 1. The van der Waals surface area contributed by atoms with Crippen LogP contribution in [0.15, 0.2) is 47.5 Å². The van der Waals surface area contributed by atoms with Gasteiger partial charge in [0.1, 0.15) is 17.6 Å². The third-order valence-electron chi connectivity index (χ3n) is 4.62. The van der Waals surface area contributed by atoms with E-state index >= 15 is 0 Å². The fraction of sp³-hybridized carbons (Fsp3) is 0.200. The maximum atomic E-state index is 11.5. The van der Waals surface area contributed by atoms with Gasteiger partial charge in [-0.1, -0.05) is 23.7 Å². The molecule has 2 heterocycles. The first-order valence-electron chi connectivity index (χ1n) is 8.64. The Morgan fingerprint density at radius 3 is 2.64 bits per heavy atom. The first-order valence-corrected chi connectivity index (χ1v) is 9.02. The normalized spacial score (nSPS) is 15.2. The number of aromatic nitrogens is 3. The van der Waals surface area contributed by atoms with Gasteiger partial charge in [-0.25, -0.2) is 0 Å². The summed E-state index contributed by atoms with van der Waals surface area (Å²) in [6, 6.07) is 12.2. The van der Waals surface area contributed by atoms with Crippen LogP contribution in [0.3, 0.4) is 0 Å². The van der Waals surface area contributed by atoms with Crippen molar-refractivity contribution >= 4 is 23.3 Å². The minimum absolute atomic E-state index is 0.194. The lowest BCUT2D eigenvalue weighted by molar-refractivity contribution is -0.137. The molecule has 1 aliphatic heterocycles. The zero-order valence-corrected chi connectivity index (χ0v) is 16.0. The summed E-state index contributed by atoms with van der Waals surface area (Å²) in [5.74, 6) is 0.865. The predicted molar refractivity (Wildman–Crippen MR) is 105 cm³/mol. The average Bonchev–Trinajstić information content (AvgIpc) is 3.00. The van der Waals surface area contributed by atoms with Crippen LogP contribution in [0.1, 0.15) is 35.2 Å². The van der Waals surface area contributed by atoms with E-state index in [0.29, 0.717) is 28.1 Å². The minimum atomic E-state index is -0.958. The lowest BCUT2D eigenvalue weighted by Gasteiger charge is -2.14. The number of hydrogen-bond acceptors (Lipinski definition) is 5. The molecule has 4 rings (SSSR count). The number of fused-ring (bicyclic) bond motifs is 3. The molecule has 0 bridgehead atoms. The van der Waals surface area contributed by atoms with E-state index in [2.05, 4.69) is 10.2 Å². The molecule has 0 saturated carbocycles. The summed E-state index contributed by atoms with van der Waals surface area (Å²) in [6.45, 7) is 1.83. The quantitative estimate of drug-likeness (QED) is 0.727. The highest BCUT2D eigenvalue weighted by Crippen LogP contribution is 2.34. The fourth-order valence-corrected chi connectivity index (χ4v) is 3.47. The topological polar surface area (TPSA) is 89.6 Å². The van der Waals surface area contributed by atoms with Crippen LogP contribution in [0.5, 0.6) is 5.75 Å². The predicted octanol–water partition coefficient (Wildman–Crippen LogP) is 3.60. The van der Waals surface area contributed by atoms with Gasteiger partial charge in [-0.15, -0.1) is 10.2 Å². The molecule has 0 radical (unpaired) electrons. The molecule has 3 aromatic rings. The van der Waals surface area contributed by atoms with Gasteiger partial charge >= 0.3 is 5.97 Å². The maximum Gasteiger partial charge on any atom is 0.306 e. The summed E-state index contributed by atoms with van der Waals surface area (Å²) in [6.07, 6.45) is -0.194. The lowest BCUT2D eigenvalue weighted by Crippen LogP contribution is -2.10. The van der Waals surface area contributed by atoms with Gasteiger partial charge in [-0.05, 0) is 37.3 Å². The number of aryl methyl sites for hydroxylation is 1. The summed E-state index contributed by atoms with van der Waals surface area (Å²) in [4.78, 5) is 16.3. The number of aliphatic imine (C=N–C) groups is 1. The second-order valence-corrected chi connectivity index (χ2v) is 6.86. The number of rotatable bonds is 4. The Labute approximate surface area is 166 Å².